The van der Waals surface area contributed by atoms with Gasteiger partial charge in [-0.2, -0.15) is 18.4 Å². The van der Waals surface area contributed by atoms with Crippen LogP contribution in [0.3, 0.4) is 0 Å². The number of nitrogens with zero attached hydrogens (tertiary/aromatic N) is 3. The second-order valence-electron chi connectivity index (χ2n) is 4.04. The number of anilines is 1. The maximum absolute atomic E-state index is 12.0. The fourth-order valence-electron chi connectivity index (χ4n) is 1.35. The molecule has 0 aliphatic rings. The van der Waals surface area contributed by atoms with E-state index in [0.717, 1.165) is 0 Å². The van der Waals surface area contributed by atoms with Crippen molar-refractivity contribution in [2.75, 3.05) is 5.32 Å². The summed E-state index contributed by atoms with van der Waals surface area (Å²) in [4.78, 5) is 12.8. The molecule has 0 saturated carbocycles. The van der Waals surface area contributed by atoms with Gasteiger partial charge in [-0.1, -0.05) is 40.6 Å². The maximum atomic E-state index is 12.0. The fraction of sp³-hybridized carbons (Fsp3) is 0.0909. The topological polar surface area (TPSA) is 113 Å². The quantitative estimate of drug-likeness (QED) is 0.458. The van der Waals surface area contributed by atoms with Crippen LogP contribution in [0.2, 0.25) is 10.0 Å². The molecule has 0 aliphatic carbocycles. The molecule has 1 amide bonds. The molecule has 1 aromatic carbocycles. The predicted molar refractivity (Wildman–Crippen MR) is 88.6 cm³/mol. The molecular weight excluding hydrogens is 385 g/mol. The van der Waals surface area contributed by atoms with E-state index in [1.54, 1.807) is 18.2 Å². The zero-order chi connectivity index (χ0) is 17.0. The van der Waals surface area contributed by atoms with Crippen molar-refractivity contribution in [1.29, 1.82) is 0 Å². The van der Waals surface area contributed by atoms with Gasteiger partial charge in [-0.25, -0.2) is 0 Å². The van der Waals surface area contributed by atoms with Gasteiger partial charge in [0, 0.05) is 12.5 Å². The van der Waals surface area contributed by atoms with Crippen molar-refractivity contribution < 1.29 is 13.2 Å². The van der Waals surface area contributed by atoms with Crippen LogP contribution in [-0.4, -0.2) is 30.7 Å². The Morgan fingerprint density at radius 2 is 1.96 bits per heavy atom. The lowest BCUT2D eigenvalue weighted by atomic mass is 10.2. The molecule has 2 aromatic rings. The Balaban J connectivity index is 2.14. The molecule has 0 saturated heterocycles. The standard InChI is InChI=1S/C11H9Cl2N5O3S2/c1-6(19)15-10-16-17-11(22-10)23(20,21)18-14-5-7-8(12)3-2-4-9(7)13/h2-5,18H,1H3,(H,15,16,19)/b14-5+. The second kappa shape index (κ2) is 7.21. The number of rotatable bonds is 5. The third-order valence-electron chi connectivity index (χ3n) is 2.29. The summed E-state index contributed by atoms with van der Waals surface area (Å²) < 4.78 is 23.6. The zero-order valence-electron chi connectivity index (χ0n) is 11.4. The summed E-state index contributed by atoms with van der Waals surface area (Å²) in [5, 5.41) is 13.7. The van der Waals surface area contributed by atoms with E-state index in [1.807, 2.05) is 4.83 Å². The minimum atomic E-state index is -4.01. The summed E-state index contributed by atoms with van der Waals surface area (Å²) in [6, 6.07) is 4.83. The molecule has 0 unspecified atom stereocenters. The van der Waals surface area contributed by atoms with Crippen molar-refractivity contribution in [2.24, 2.45) is 5.10 Å². The van der Waals surface area contributed by atoms with E-state index in [-0.39, 0.29) is 15.4 Å². The van der Waals surface area contributed by atoms with Crippen LogP contribution in [0.25, 0.3) is 0 Å². The van der Waals surface area contributed by atoms with Crippen LogP contribution in [0.4, 0.5) is 5.13 Å². The van der Waals surface area contributed by atoms with Crippen molar-refractivity contribution >= 4 is 61.8 Å². The van der Waals surface area contributed by atoms with Gasteiger partial charge in [0.15, 0.2) is 0 Å². The summed E-state index contributed by atoms with van der Waals surface area (Å²) in [6.07, 6.45) is 1.18. The van der Waals surface area contributed by atoms with Gasteiger partial charge in [0.1, 0.15) is 0 Å². The van der Waals surface area contributed by atoms with Gasteiger partial charge in [-0.15, -0.1) is 10.2 Å². The van der Waals surface area contributed by atoms with Crippen LogP contribution in [0, 0.1) is 0 Å². The SMILES string of the molecule is CC(=O)Nc1nnc(S(=O)(=O)N/N=C/c2c(Cl)cccc2Cl)s1. The number of carbonyl (C=O) groups is 1. The van der Waals surface area contributed by atoms with Crippen LogP contribution in [0.1, 0.15) is 12.5 Å². The summed E-state index contributed by atoms with van der Waals surface area (Å²) >= 11 is 12.6. The molecule has 2 rings (SSSR count). The summed E-state index contributed by atoms with van der Waals surface area (Å²) in [5.41, 5.74) is 0.370. The number of nitrogens with one attached hydrogen (secondary N) is 2. The lowest BCUT2D eigenvalue weighted by Gasteiger charge is -2.01. The molecule has 0 fully saturated rings. The summed E-state index contributed by atoms with van der Waals surface area (Å²) in [7, 11) is -4.01. The van der Waals surface area contributed by atoms with Gasteiger partial charge in [0.05, 0.1) is 16.3 Å². The average molecular weight is 394 g/mol. The molecule has 1 aromatic heterocycles. The van der Waals surface area contributed by atoms with E-state index in [9.17, 15) is 13.2 Å². The number of carbonyl (C=O) groups excluding carboxylic acids is 1. The largest absolute Gasteiger partial charge is 0.305 e. The second-order valence-corrected chi connectivity index (χ2v) is 7.67. The highest BCUT2D eigenvalue weighted by atomic mass is 35.5. The Hall–Kier alpha value is -1.75. The number of benzene rings is 1. The molecule has 122 valence electrons. The summed E-state index contributed by atoms with van der Waals surface area (Å²) in [5.74, 6) is -0.385. The van der Waals surface area contributed by atoms with Crippen LogP contribution < -0.4 is 10.1 Å². The molecule has 0 aliphatic heterocycles. The Bertz CT molecular complexity index is 846. The number of halogens is 2. The number of hydrogen-bond donors (Lipinski definition) is 2. The highest BCUT2D eigenvalue weighted by molar-refractivity contribution is 7.91. The summed E-state index contributed by atoms with van der Waals surface area (Å²) in [6.45, 7) is 1.27. The first-order valence-electron chi connectivity index (χ1n) is 5.89. The smallest absolute Gasteiger partial charge is 0.301 e. The first-order chi connectivity index (χ1) is 10.8. The van der Waals surface area contributed by atoms with Crippen molar-refractivity contribution in [1.82, 2.24) is 15.0 Å². The minimum Gasteiger partial charge on any atom is -0.301 e. The van der Waals surface area contributed by atoms with Crippen LogP contribution in [0.15, 0.2) is 27.6 Å². The van der Waals surface area contributed by atoms with Gasteiger partial charge in [-0.3, -0.25) is 4.79 Å². The van der Waals surface area contributed by atoms with Gasteiger partial charge >= 0.3 is 10.0 Å². The Morgan fingerprint density at radius 1 is 1.30 bits per heavy atom. The third kappa shape index (κ3) is 4.61. The van der Waals surface area contributed by atoms with E-state index in [4.69, 9.17) is 23.2 Å². The lowest BCUT2D eigenvalue weighted by molar-refractivity contribution is -0.114. The van der Waals surface area contributed by atoms with Gasteiger partial charge in [0.2, 0.25) is 11.0 Å². The Labute approximate surface area is 145 Å². The van der Waals surface area contributed by atoms with E-state index >= 15 is 0 Å². The maximum Gasteiger partial charge on any atom is 0.305 e. The molecule has 0 atom stereocenters. The molecule has 23 heavy (non-hydrogen) atoms. The van der Waals surface area contributed by atoms with E-state index in [1.165, 1.54) is 13.1 Å². The molecule has 0 bridgehead atoms. The van der Waals surface area contributed by atoms with Gasteiger partial charge < -0.3 is 5.32 Å². The highest BCUT2D eigenvalue weighted by Gasteiger charge is 2.20. The predicted octanol–water partition coefficient (Wildman–Crippen LogP) is 2.12. The zero-order valence-corrected chi connectivity index (χ0v) is 14.6. The van der Waals surface area contributed by atoms with Crippen molar-refractivity contribution in [2.45, 2.75) is 11.3 Å². The van der Waals surface area contributed by atoms with Gasteiger partial charge in [0.25, 0.3) is 4.34 Å². The molecule has 0 radical (unpaired) electrons. The number of amides is 1. The van der Waals surface area contributed by atoms with Gasteiger partial charge in [-0.05, 0) is 12.1 Å². The monoisotopic (exact) mass is 393 g/mol. The lowest BCUT2D eigenvalue weighted by Crippen LogP contribution is -2.18. The van der Waals surface area contributed by atoms with Crippen molar-refractivity contribution in [3.8, 4) is 0 Å². The molecular formula is C11H9Cl2N5O3S2. The Kier molecular flexibility index (Phi) is 5.52. The van der Waals surface area contributed by atoms with E-state index in [2.05, 4.69) is 20.6 Å². The number of hydrazone groups is 1. The average Bonchev–Trinajstić information content (AvgIpc) is 2.90. The molecule has 2 N–H and O–H groups in total. The van der Waals surface area contributed by atoms with Crippen molar-refractivity contribution in [3.05, 3.63) is 33.8 Å². The van der Waals surface area contributed by atoms with Crippen LogP contribution >= 0.6 is 34.5 Å². The highest BCUT2D eigenvalue weighted by Crippen LogP contribution is 2.22. The third-order valence-corrected chi connectivity index (χ3v) is 5.37. The van der Waals surface area contributed by atoms with E-state index < -0.39 is 10.0 Å². The minimum absolute atomic E-state index is 0.0657. The number of aromatic nitrogens is 2. The molecule has 0 spiro atoms. The van der Waals surface area contributed by atoms with Crippen LogP contribution in [0.5, 0.6) is 0 Å². The van der Waals surface area contributed by atoms with Crippen LogP contribution in [-0.2, 0) is 14.8 Å². The molecule has 8 nitrogen and oxygen atoms in total. The first kappa shape index (κ1) is 17.6. The Morgan fingerprint density at radius 3 is 2.57 bits per heavy atom. The number of sulfonamides is 1. The molecule has 12 heteroatoms. The van der Waals surface area contributed by atoms with Crippen molar-refractivity contribution in [3.63, 3.8) is 0 Å². The fourth-order valence-corrected chi connectivity index (χ4v) is 3.58. The first-order valence-corrected chi connectivity index (χ1v) is 8.95. The van der Waals surface area contributed by atoms with E-state index in [0.29, 0.717) is 26.9 Å². The molecule has 1 heterocycles. The normalized spacial score (nSPS) is 11.6. The number of hydrogen-bond acceptors (Lipinski definition) is 7.